The maximum Gasteiger partial charge on any atom is 0.470 e. The molecule has 0 aliphatic carbocycles. The molecule has 0 radical (unpaired) electrons. The quantitative estimate of drug-likeness (QED) is 0.152. The summed E-state index contributed by atoms with van der Waals surface area (Å²) in [6, 6.07) is 0. The number of carbonyl (C=O) groups is 1. The van der Waals surface area contributed by atoms with Crippen molar-refractivity contribution in [1.82, 2.24) is 0 Å². The molecule has 0 aliphatic heterocycles. The molecule has 0 fully saturated rings. The van der Waals surface area contributed by atoms with E-state index in [0.29, 0.717) is 0 Å². The van der Waals surface area contributed by atoms with Crippen LogP contribution in [-0.4, -0.2) is 65.7 Å². The Balaban J connectivity index is 5.42. The molecule has 0 heterocycles. The van der Waals surface area contributed by atoms with E-state index in [1.54, 1.807) is 0 Å². The van der Waals surface area contributed by atoms with Crippen LogP contribution in [0.5, 0.6) is 0 Å². The molecule has 0 rings (SSSR count). The van der Waals surface area contributed by atoms with E-state index in [1.807, 2.05) is 0 Å². The van der Waals surface area contributed by atoms with Gasteiger partial charge in [0.25, 0.3) is 0 Å². The van der Waals surface area contributed by atoms with Crippen LogP contribution < -0.4 is 0 Å². The van der Waals surface area contributed by atoms with E-state index in [2.05, 4.69) is 13.6 Å². The topological polar surface area (TPSA) is 238 Å². The Bertz CT molecular complexity index is 499. The number of aldehydes is 1. The van der Waals surface area contributed by atoms with Crippen LogP contribution >= 0.6 is 23.5 Å². The van der Waals surface area contributed by atoms with Crippen molar-refractivity contribution in [3.8, 4) is 0 Å². The van der Waals surface area contributed by atoms with E-state index in [0.717, 1.165) is 0 Å². The van der Waals surface area contributed by atoms with Gasteiger partial charge in [0.05, 0.1) is 6.61 Å². The third-order valence-electron chi connectivity index (χ3n) is 1.78. The van der Waals surface area contributed by atoms with E-state index in [4.69, 9.17) is 29.4 Å². The smallest absolute Gasteiger partial charge is 0.383 e. The van der Waals surface area contributed by atoms with Crippen LogP contribution in [0.1, 0.15) is 0 Å². The summed E-state index contributed by atoms with van der Waals surface area (Å²) in [6.07, 6.45) is -7.36. The molecule has 22 heavy (non-hydrogen) atoms. The molecule has 0 bridgehead atoms. The zero-order valence-electron chi connectivity index (χ0n) is 10.3. The third kappa shape index (κ3) is 10.6. The lowest BCUT2D eigenvalue weighted by atomic mass is 10.1. The Hall–Kier alpha value is -0.0400. The number of rotatable bonds is 10. The first-order chi connectivity index (χ1) is 9.64. The molecule has 0 amide bonds. The van der Waals surface area contributed by atoms with Crippen LogP contribution in [0, 0.1) is 0 Å². The third-order valence-corrected chi connectivity index (χ3v) is 3.33. The molecule has 0 aliphatic rings. The first-order valence-electron chi connectivity index (χ1n) is 4.96. The molecule has 17 heteroatoms. The van der Waals surface area contributed by atoms with Gasteiger partial charge in [-0.05, 0) is 0 Å². The summed E-state index contributed by atoms with van der Waals surface area (Å²) in [4.78, 5) is 62.0. The summed E-state index contributed by atoms with van der Waals surface area (Å²) in [5.41, 5.74) is 0. The summed E-state index contributed by atoms with van der Waals surface area (Å²) in [7, 11) is -15.9. The highest BCUT2D eigenvalue weighted by atomic mass is 31.2. The molecule has 0 spiro atoms. The summed E-state index contributed by atoms with van der Waals surface area (Å²) >= 11 is 0. The van der Waals surface area contributed by atoms with Gasteiger partial charge in [-0.15, -0.1) is 0 Å². The molecule has 0 aromatic heterocycles. The molecule has 132 valence electrons. The lowest BCUT2D eigenvalue weighted by Gasteiger charge is -2.28. The summed E-state index contributed by atoms with van der Waals surface area (Å²) in [5, 5.41) is 9.26. The van der Waals surface area contributed by atoms with Crippen molar-refractivity contribution in [3.63, 3.8) is 0 Å². The average Bonchev–Trinajstić information content (AvgIpc) is 2.27. The standard InChI is InChI=1S/C5H13O14P3/c6-1-3(7)5(19-22(14,15)16)4(18-21(11,12)13)2-17-20(8,9)10/h1,3-5,7H,2H2,(H2,8,9,10)(H2,11,12,13)(H2,14,15,16)/t3-,4+,5-/m0/s1. The van der Waals surface area contributed by atoms with Gasteiger partial charge in [0.15, 0.2) is 6.29 Å². The Labute approximate surface area is 122 Å². The number of aliphatic hydroxyl groups excluding tert-OH is 1. The molecule has 0 saturated heterocycles. The largest absolute Gasteiger partial charge is 0.470 e. The van der Waals surface area contributed by atoms with Gasteiger partial charge >= 0.3 is 23.5 Å². The second-order valence-corrected chi connectivity index (χ2v) is 7.23. The Morgan fingerprint density at radius 2 is 1.32 bits per heavy atom. The van der Waals surface area contributed by atoms with Crippen molar-refractivity contribution in [3.05, 3.63) is 0 Å². The molecular formula is C5H13O14P3. The molecule has 0 unspecified atom stereocenters. The van der Waals surface area contributed by atoms with Crippen LogP contribution in [-0.2, 0) is 32.1 Å². The van der Waals surface area contributed by atoms with Crippen molar-refractivity contribution >= 4 is 29.8 Å². The van der Waals surface area contributed by atoms with Crippen molar-refractivity contribution < 1.29 is 66.5 Å². The summed E-state index contributed by atoms with van der Waals surface area (Å²) in [5.74, 6) is 0. The van der Waals surface area contributed by atoms with Gasteiger partial charge in [-0.1, -0.05) is 0 Å². The Morgan fingerprint density at radius 1 is 0.864 bits per heavy atom. The van der Waals surface area contributed by atoms with Crippen LogP contribution in [0.3, 0.4) is 0 Å². The number of phosphoric acid groups is 3. The molecule has 0 saturated carbocycles. The molecule has 14 nitrogen and oxygen atoms in total. The normalized spacial score (nSPS) is 17.8. The van der Waals surface area contributed by atoms with Crippen molar-refractivity contribution in [1.29, 1.82) is 0 Å². The number of hydrogen-bond donors (Lipinski definition) is 7. The average molecular weight is 390 g/mol. The second-order valence-electron chi connectivity index (χ2n) is 3.61. The van der Waals surface area contributed by atoms with Gasteiger partial charge in [-0.3, -0.25) is 13.6 Å². The Kier molecular flexibility index (Phi) is 8.16. The number of aliphatic hydroxyl groups is 1. The Morgan fingerprint density at radius 3 is 1.64 bits per heavy atom. The van der Waals surface area contributed by atoms with Gasteiger partial charge in [0.2, 0.25) is 0 Å². The van der Waals surface area contributed by atoms with Crippen molar-refractivity contribution in [2.45, 2.75) is 18.3 Å². The SMILES string of the molecule is O=C[C@H](O)[C@H](OP(=O)(O)O)[C@@H](COP(=O)(O)O)OP(=O)(O)O. The van der Waals surface area contributed by atoms with E-state index in [1.165, 1.54) is 0 Å². The number of phosphoric ester groups is 3. The number of carbonyl (C=O) groups excluding carboxylic acids is 1. The zero-order chi connectivity index (χ0) is 17.8. The fourth-order valence-corrected chi connectivity index (χ4v) is 2.57. The van der Waals surface area contributed by atoms with Gasteiger partial charge < -0.3 is 39.3 Å². The lowest BCUT2D eigenvalue weighted by Crippen LogP contribution is -2.43. The van der Waals surface area contributed by atoms with Crippen LogP contribution in [0.15, 0.2) is 0 Å². The first kappa shape index (κ1) is 22.0. The number of hydrogen-bond acceptors (Lipinski definition) is 8. The minimum absolute atomic E-state index is 0.312. The fourth-order valence-electron chi connectivity index (χ4n) is 1.12. The highest BCUT2D eigenvalue weighted by Crippen LogP contribution is 2.45. The van der Waals surface area contributed by atoms with Crippen LogP contribution in [0.4, 0.5) is 0 Å². The van der Waals surface area contributed by atoms with E-state index in [9.17, 15) is 23.6 Å². The first-order valence-corrected chi connectivity index (χ1v) is 9.55. The van der Waals surface area contributed by atoms with Crippen molar-refractivity contribution in [2.24, 2.45) is 0 Å². The molecule has 0 aromatic rings. The minimum atomic E-state index is -5.37. The van der Waals surface area contributed by atoms with Gasteiger partial charge in [-0.25, -0.2) is 13.7 Å². The predicted octanol–water partition coefficient (Wildman–Crippen LogP) is -2.39. The highest BCUT2D eigenvalue weighted by Gasteiger charge is 2.40. The minimum Gasteiger partial charge on any atom is -0.383 e. The van der Waals surface area contributed by atoms with Gasteiger partial charge in [0, 0.05) is 0 Å². The monoisotopic (exact) mass is 390 g/mol. The van der Waals surface area contributed by atoms with Crippen LogP contribution in [0.2, 0.25) is 0 Å². The van der Waals surface area contributed by atoms with Crippen LogP contribution in [0.25, 0.3) is 0 Å². The lowest BCUT2D eigenvalue weighted by molar-refractivity contribution is -0.125. The van der Waals surface area contributed by atoms with E-state index in [-0.39, 0.29) is 6.29 Å². The summed E-state index contributed by atoms with van der Waals surface area (Å²) < 4.78 is 43.8. The van der Waals surface area contributed by atoms with E-state index >= 15 is 0 Å². The highest BCUT2D eigenvalue weighted by molar-refractivity contribution is 7.47. The second kappa shape index (κ2) is 8.18. The maximum absolute atomic E-state index is 10.8. The molecule has 7 N–H and O–H groups in total. The zero-order valence-corrected chi connectivity index (χ0v) is 13.0. The molecule has 3 atom stereocenters. The molecular weight excluding hydrogens is 377 g/mol. The predicted molar refractivity (Wildman–Crippen MR) is 63.9 cm³/mol. The fraction of sp³-hybridized carbons (Fsp3) is 0.800. The summed E-state index contributed by atoms with van der Waals surface area (Å²) in [6.45, 7) is -1.37. The van der Waals surface area contributed by atoms with Gasteiger partial charge in [0.1, 0.15) is 18.3 Å². The molecule has 0 aromatic carbocycles. The van der Waals surface area contributed by atoms with Gasteiger partial charge in [-0.2, -0.15) is 0 Å². The van der Waals surface area contributed by atoms with Crippen molar-refractivity contribution in [2.75, 3.05) is 6.61 Å². The maximum atomic E-state index is 10.8. The van der Waals surface area contributed by atoms with E-state index < -0.39 is 48.4 Å².